The van der Waals surface area contributed by atoms with E-state index in [1.807, 2.05) is 12.1 Å². The van der Waals surface area contributed by atoms with Crippen molar-refractivity contribution in [2.45, 2.75) is 39.0 Å². The Balaban J connectivity index is 2.14. The van der Waals surface area contributed by atoms with E-state index in [4.69, 9.17) is 0 Å². The van der Waals surface area contributed by atoms with Crippen LogP contribution in [0.3, 0.4) is 0 Å². The van der Waals surface area contributed by atoms with E-state index in [9.17, 15) is 10.1 Å². The van der Waals surface area contributed by atoms with Crippen molar-refractivity contribution in [2.75, 3.05) is 13.1 Å². The number of unbranched alkanes of at least 4 members (excludes halogenated alkanes) is 3. The van der Waals surface area contributed by atoms with Crippen LogP contribution in [0.4, 0.5) is 5.69 Å². The lowest BCUT2D eigenvalue weighted by Crippen LogP contribution is -2.18. The Bertz CT molecular complexity index is 349. The first-order valence-corrected chi connectivity index (χ1v) is 6.68. The number of hydrogen-bond donors (Lipinski definition) is 1. The summed E-state index contributed by atoms with van der Waals surface area (Å²) in [6.45, 7) is 4.21. The molecule has 4 heteroatoms. The second-order valence-electron chi connectivity index (χ2n) is 4.48. The molecule has 0 heterocycles. The van der Waals surface area contributed by atoms with Gasteiger partial charge in [0.15, 0.2) is 0 Å². The fourth-order valence-electron chi connectivity index (χ4n) is 1.82. The number of nitro benzene ring substituents is 1. The molecule has 0 unspecified atom stereocenters. The number of hydrogen-bond acceptors (Lipinski definition) is 3. The Morgan fingerprint density at radius 2 is 1.83 bits per heavy atom. The molecule has 0 radical (unpaired) electrons. The van der Waals surface area contributed by atoms with Gasteiger partial charge in [-0.25, -0.2) is 0 Å². The molecule has 1 aromatic rings. The van der Waals surface area contributed by atoms with E-state index in [1.165, 1.54) is 25.7 Å². The maximum Gasteiger partial charge on any atom is 0.269 e. The molecule has 0 saturated carbocycles. The van der Waals surface area contributed by atoms with Gasteiger partial charge in [-0.05, 0) is 31.5 Å². The maximum absolute atomic E-state index is 10.5. The van der Waals surface area contributed by atoms with Crippen LogP contribution in [-0.4, -0.2) is 18.0 Å². The lowest BCUT2D eigenvalue weighted by atomic mass is 10.1. The van der Waals surface area contributed by atoms with E-state index in [0.717, 1.165) is 25.1 Å². The van der Waals surface area contributed by atoms with Crippen LogP contribution < -0.4 is 5.32 Å². The van der Waals surface area contributed by atoms with Crippen LogP contribution in [0.1, 0.15) is 38.2 Å². The molecule has 0 aromatic heterocycles. The van der Waals surface area contributed by atoms with Gasteiger partial charge in [0.25, 0.3) is 5.69 Å². The van der Waals surface area contributed by atoms with Crippen molar-refractivity contribution in [3.63, 3.8) is 0 Å². The lowest BCUT2D eigenvalue weighted by Gasteiger charge is -2.04. The Hall–Kier alpha value is -1.42. The first kappa shape index (κ1) is 14.6. The zero-order chi connectivity index (χ0) is 13.2. The summed E-state index contributed by atoms with van der Waals surface area (Å²) in [5.41, 5.74) is 1.30. The maximum atomic E-state index is 10.5. The van der Waals surface area contributed by atoms with E-state index < -0.39 is 0 Å². The molecule has 1 N–H and O–H groups in total. The van der Waals surface area contributed by atoms with Gasteiger partial charge in [0.2, 0.25) is 0 Å². The van der Waals surface area contributed by atoms with Gasteiger partial charge in [-0.2, -0.15) is 0 Å². The minimum absolute atomic E-state index is 0.159. The zero-order valence-electron chi connectivity index (χ0n) is 11.0. The topological polar surface area (TPSA) is 55.2 Å². The van der Waals surface area contributed by atoms with E-state index in [1.54, 1.807) is 12.1 Å². The van der Waals surface area contributed by atoms with E-state index in [0.29, 0.717) is 0 Å². The Morgan fingerprint density at radius 1 is 1.11 bits per heavy atom. The number of nitrogens with zero attached hydrogens (tertiary/aromatic N) is 1. The van der Waals surface area contributed by atoms with E-state index in [-0.39, 0.29) is 10.6 Å². The highest BCUT2D eigenvalue weighted by molar-refractivity contribution is 5.32. The second kappa shape index (κ2) is 8.64. The van der Waals surface area contributed by atoms with Crippen molar-refractivity contribution >= 4 is 5.69 Å². The molecule has 1 rings (SSSR count). The summed E-state index contributed by atoms with van der Waals surface area (Å²) in [6, 6.07) is 6.79. The summed E-state index contributed by atoms with van der Waals surface area (Å²) in [4.78, 5) is 10.1. The van der Waals surface area contributed by atoms with Gasteiger partial charge in [0.1, 0.15) is 0 Å². The van der Waals surface area contributed by atoms with Crippen LogP contribution >= 0.6 is 0 Å². The minimum atomic E-state index is -0.365. The molecule has 18 heavy (non-hydrogen) atoms. The molecule has 0 bridgehead atoms. The molecule has 4 nitrogen and oxygen atoms in total. The molecule has 100 valence electrons. The van der Waals surface area contributed by atoms with Gasteiger partial charge in [0, 0.05) is 12.1 Å². The van der Waals surface area contributed by atoms with Crippen molar-refractivity contribution in [3.05, 3.63) is 39.9 Å². The Kier molecular flexibility index (Phi) is 7.03. The predicted molar refractivity (Wildman–Crippen MR) is 73.8 cm³/mol. The van der Waals surface area contributed by atoms with Gasteiger partial charge >= 0.3 is 0 Å². The third-order valence-electron chi connectivity index (χ3n) is 2.94. The van der Waals surface area contributed by atoms with Crippen molar-refractivity contribution < 1.29 is 4.92 Å². The molecule has 0 spiro atoms. The molecule has 0 aliphatic heterocycles. The molecular formula is C14H22N2O2. The van der Waals surface area contributed by atoms with Gasteiger partial charge in [-0.1, -0.05) is 38.3 Å². The highest BCUT2D eigenvalue weighted by Crippen LogP contribution is 2.11. The van der Waals surface area contributed by atoms with Crippen LogP contribution in [0.5, 0.6) is 0 Å². The monoisotopic (exact) mass is 250 g/mol. The summed E-state index contributed by atoms with van der Waals surface area (Å²) in [5.74, 6) is 0. The van der Waals surface area contributed by atoms with Crippen molar-refractivity contribution in [1.82, 2.24) is 5.32 Å². The summed E-state index contributed by atoms with van der Waals surface area (Å²) < 4.78 is 0. The number of benzene rings is 1. The molecule has 0 aliphatic carbocycles. The average Bonchev–Trinajstić information content (AvgIpc) is 2.38. The minimum Gasteiger partial charge on any atom is -0.316 e. The van der Waals surface area contributed by atoms with E-state index in [2.05, 4.69) is 12.2 Å². The number of rotatable bonds is 9. The van der Waals surface area contributed by atoms with Gasteiger partial charge in [0.05, 0.1) is 4.92 Å². The number of nitro groups is 1. The van der Waals surface area contributed by atoms with Crippen LogP contribution in [0.2, 0.25) is 0 Å². The first-order chi connectivity index (χ1) is 8.74. The van der Waals surface area contributed by atoms with Crippen LogP contribution in [0.15, 0.2) is 24.3 Å². The molecular weight excluding hydrogens is 228 g/mol. The summed E-state index contributed by atoms with van der Waals surface area (Å²) in [6.07, 6.45) is 6.02. The lowest BCUT2D eigenvalue weighted by molar-refractivity contribution is -0.384. The molecule has 0 aliphatic rings. The SMILES string of the molecule is CCCCCCNCCc1ccc([N+](=O)[O-])cc1. The third kappa shape index (κ3) is 5.77. The normalized spacial score (nSPS) is 10.5. The van der Waals surface area contributed by atoms with Crippen LogP contribution in [0.25, 0.3) is 0 Å². The van der Waals surface area contributed by atoms with Gasteiger partial charge in [-0.15, -0.1) is 0 Å². The highest BCUT2D eigenvalue weighted by Gasteiger charge is 2.03. The fraction of sp³-hybridized carbons (Fsp3) is 0.571. The third-order valence-corrected chi connectivity index (χ3v) is 2.94. The summed E-state index contributed by atoms with van der Waals surface area (Å²) in [7, 11) is 0. The first-order valence-electron chi connectivity index (χ1n) is 6.68. The van der Waals surface area contributed by atoms with Crippen molar-refractivity contribution in [2.24, 2.45) is 0 Å². The van der Waals surface area contributed by atoms with Crippen molar-refractivity contribution in [3.8, 4) is 0 Å². The number of nitrogens with one attached hydrogen (secondary N) is 1. The van der Waals surface area contributed by atoms with Gasteiger partial charge < -0.3 is 5.32 Å². The molecule has 0 saturated heterocycles. The quantitative estimate of drug-likeness (QED) is 0.415. The standard InChI is InChI=1S/C14H22N2O2/c1-2-3-4-5-11-15-12-10-13-6-8-14(9-7-13)16(17)18/h6-9,15H,2-5,10-12H2,1H3. The van der Waals surface area contributed by atoms with Crippen molar-refractivity contribution in [1.29, 1.82) is 0 Å². The van der Waals surface area contributed by atoms with Gasteiger partial charge in [-0.3, -0.25) is 10.1 Å². The molecule has 0 atom stereocenters. The second-order valence-corrected chi connectivity index (χ2v) is 4.48. The largest absolute Gasteiger partial charge is 0.316 e. The summed E-state index contributed by atoms with van der Waals surface area (Å²) >= 11 is 0. The number of non-ortho nitro benzene ring substituents is 1. The molecule has 1 aromatic carbocycles. The molecule has 0 fully saturated rings. The van der Waals surface area contributed by atoms with Crippen LogP contribution in [0, 0.1) is 10.1 Å². The molecule has 0 amide bonds. The smallest absolute Gasteiger partial charge is 0.269 e. The Labute approximate surface area is 109 Å². The summed E-state index contributed by atoms with van der Waals surface area (Å²) in [5, 5.41) is 13.9. The fourth-order valence-corrected chi connectivity index (χ4v) is 1.82. The van der Waals surface area contributed by atoms with Crippen LogP contribution in [-0.2, 0) is 6.42 Å². The van der Waals surface area contributed by atoms with E-state index >= 15 is 0 Å². The zero-order valence-corrected chi connectivity index (χ0v) is 11.0. The average molecular weight is 250 g/mol. The highest BCUT2D eigenvalue weighted by atomic mass is 16.6. The predicted octanol–water partition coefficient (Wildman–Crippen LogP) is 3.31. The Morgan fingerprint density at radius 3 is 2.44 bits per heavy atom.